The largest absolute Gasteiger partial charge is 0.495 e. The van der Waals surface area contributed by atoms with Crippen molar-refractivity contribution in [1.82, 2.24) is 5.32 Å². The summed E-state index contributed by atoms with van der Waals surface area (Å²) in [4.78, 5) is 0. The molecule has 0 aliphatic carbocycles. The fourth-order valence-corrected chi connectivity index (χ4v) is 2.71. The van der Waals surface area contributed by atoms with Crippen LogP contribution in [0, 0.1) is 6.92 Å². The lowest BCUT2D eigenvalue weighted by Gasteiger charge is -2.31. The Hall–Kier alpha value is -1.90. The molecule has 0 spiro atoms. The lowest BCUT2D eigenvalue weighted by atomic mass is 9.90. The van der Waals surface area contributed by atoms with Gasteiger partial charge >= 0.3 is 0 Å². The summed E-state index contributed by atoms with van der Waals surface area (Å²) >= 11 is 0. The smallest absolute Gasteiger partial charge is 0.130 e. The van der Waals surface area contributed by atoms with E-state index in [9.17, 15) is 0 Å². The van der Waals surface area contributed by atoms with Gasteiger partial charge in [-0.05, 0) is 40.2 Å². The van der Waals surface area contributed by atoms with Crippen LogP contribution in [0.2, 0.25) is 0 Å². The minimum absolute atomic E-state index is 0.0340. The highest BCUT2D eigenvalue weighted by Gasteiger charge is 2.31. The number of hydrogen-bond donors (Lipinski definition) is 1. The summed E-state index contributed by atoms with van der Waals surface area (Å²) in [6, 6.07) is 8.58. The van der Waals surface area contributed by atoms with Gasteiger partial charge in [0.15, 0.2) is 0 Å². The number of aryl methyl sites for hydroxylation is 1. The normalized spacial score (nSPS) is 16.0. The molecule has 0 saturated heterocycles. The molecule has 0 radical (unpaired) electrons. The van der Waals surface area contributed by atoms with Gasteiger partial charge in [-0.1, -0.05) is 29.8 Å². The summed E-state index contributed by atoms with van der Waals surface area (Å²) in [6.07, 6.45) is 0. The van der Waals surface area contributed by atoms with Crippen molar-refractivity contribution >= 4 is 0 Å². The van der Waals surface area contributed by atoms with Gasteiger partial charge in [-0.15, -0.1) is 0 Å². The van der Waals surface area contributed by atoms with Gasteiger partial charge in [0, 0.05) is 0 Å². The molecule has 2 rings (SSSR count). The third-order valence-corrected chi connectivity index (χ3v) is 3.65. The number of benzene rings is 1. The van der Waals surface area contributed by atoms with E-state index in [-0.39, 0.29) is 5.92 Å². The molecule has 3 nitrogen and oxygen atoms in total. The topological polar surface area (TPSA) is 30.5 Å². The molecule has 1 aromatic carbocycles. The number of allylic oxidation sites excluding steroid dienone is 2. The van der Waals surface area contributed by atoms with Crippen LogP contribution in [0.5, 0.6) is 0 Å². The lowest BCUT2D eigenvalue weighted by Crippen LogP contribution is -2.27. The van der Waals surface area contributed by atoms with E-state index in [0.29, 0.717) is 13.2 Å². The van der Waals surface area contributed by atoms with Gasteiger partial charge < -0.3 is 14.8 Å². The highest BCUT2D eigenvalue weighted by Crippen LogP contribution is 2.38. The van der Waals surface area contributed by atoms with E-state index >= 15 is 0 Å². The molecular weight excluding hydrogens is 262 g/mol. The van der Waals surface area contributed by atoms with E-state index in [2.05, 4.69) is 50.4 Å². The predicted molar refractivity (Wildman–Crippen MR) is 85.7 cm³/mol. The van der Waals surface area contributed by atoms with E-state index in [0.717, 1.165) is 22.9 Å². The van der Waals surface area contributed by atoms with Crippen molar-refractivity contribution in [2.24, 2.45) is 0 Å². The van der Waals surface area contributed by atoms with E-state index in [4.69, 9.17) is 9.47 Å². The van der Waals surface area contributed by atoms with Crippen LogP contribution in [0.1, 0.15) is 44.7 Å². The molecule has 1 aromatic rings. The van der Waals surface area contributed by atoms with E-state index < -0.39 is 0 Å². The van der Waals surface area contributed by atoms with Crippen LogP contribution in [0.3, 0.4) is 0 Å². The van der Waals surface area contributed by atoms with E-state index in [1.54, 1.807) is 0 Å². The summed E-state index contributed by atoms with van der Waals surface area (Å²) in [6.45, 7) is 11.5. The molecule has 0 unspecified atom stereocenters. The quantitative estimate of drug-likeness (QED) is 0.879. The van der Waals surface area contributed by atoms with Gasteiger partial charge in [-0.2, -0.15) is 0 Å². The van der Waals surface area contributed by atoms with Crippen LogP contribution in [-0.4, -0.2) is 13.2 Å². The maximum atomic E-state index is 5.92. The molecule has 1 N–H and O–H groups in total. The first-order valence-electron chi connectivity index (χ1n) is 7.59. The summed E-state index contributed by atoms with van der Waals surface area (Å²) in [5, 5.41) is 3.37. The molecule has 114 valence electrons. The molecule has 1 aliphatic rings. The van der Waals surface area contributed by atoms with Gasteiger partial charge in [-0.3, -0.25) is 0 Å². The van der Waals surface area contributed by atoms with Gasteiger partial charge in [-0.25, -0.2) is 0 Å². The van der Waals surface area contributed by atoms with Crippen molar-refractivity contribution in [2.45, 2.75) is 40.5 Å². The van der Waals surface area contributed by atoms with Gasteiger partial charge in [0.2, 0.25) is 0 Å². The first-order chi connectivity index (χ1) is 10.1. The molecule has 1 aliphatic heterocycles. The van der Waals surface area contributed by atoms with E-state index in [1.165, 1.54) is 11.1 Å². The maximum absolute atomic E-state index is 5.92. The summed E-state index contributed by atoms with van der Waals surface area (Å²) < 4.78 is 11.8. The zero-order valence-electron chi connectivity index (χ0n) is 13.6. The molecule has 0 fully saturated rings. The van der Waals surface area contributed by atoms with Crippen molar-refractivity contribution < 1.29 is 9.47 Å². The molecule has 0 aromatic heterocycles. The van der Waals surface area contributed by atoms with Crippen molar-refractivity contribution in [3.63, 3.8) is 0 Å². The Balaban J connectivity index is 2.50. The Morgan fingerprint density at radius 3 is 1.76 bits per heavy atom. The Morgan fingerprint density at radius 2 is 1.33 bits per heavy atom. The second-order valence-corrected chi connectivity index (χ2v) is 5.31. The van der Waals surface area contributed by atoms with Gasteiger partial charge in [0.05, 0.1) is 24.6 Å². The second kappa shape index (κ2) is 6.70. The Labute approximate surface area is 127 Å². The van der Waals surface area contributed by atoms with Crippen LogP contribution < -0.4 is 5.32 Å². The minimum atomic E-state index is 0.0340. The number of dihydropyridines is 1. The number of nitrogens with one attached hydrogen (secondary N) is 1. The highest BCUT2D eigenvalue weighted by atomic mass is 16.5. The Bertz CT molecular complexity index is 527. The second-order valence-electron chi connectivity index (χ2n) is 5.31. The molecule has 0 bridgehead atoms. The van der Waals surface area contributed by atoms with Crippen molar-refractivity contribution in [3.8, 4) is 0 Å². The summed E-state index contributed by atoms with van der Waals surface area (Å²) in [5.74, 6) is 1.94. The van der Waals surface area contributed by atoms with Crippen LogP contribution >= 0.6 is 0 Å². The third-order valence-electron chi connectivity index (χ3n) is 3.65. The van der Waals surface area contributed by atoms with Crippen molar-refractivity contribution in [3.05, 3.63) is 58.3 Å². The maximum Gasteiger partial charge on any atom is 0.130 e. The first kappa shape index (κ1) is 15.5. The van der Waals surface area contributed by atoms with Gasteiger partial charge in [0.1, 0.15) is 17.4 Å². The lowest BCUT2D eigenvalue weighted by molar-refractivity contribution is 0.157. The molecule has 3 heteroatoms. The minimum Gasteiger partial charge on any atom is -0.495 e. The SMILES string of the molecule is CCOC1=C(C)NC(C)=C(OCC)C1c1ccc(C)cc1. The standard InChI is InChI=1S/C18H25NO2/c1-6-20-17-13(4)19-14(5)18(21-7-2)16(17)15-10-8-12(3)9-11-15/h8-11,16,19H,6-7H2,1-5H3. The average molecular weight is 287 g/mol. The zero-order valence-corrected chi connectivity index (χ0v) is 13.6. The Morgan fingerprint density at radius 1 is 0.857 bits per heavy atom. The molecule has 21 heavy (non-hydrogen) atoms. The molecule has 1 heterocycles. The Kier molecular flexibility index (Phi) is 4.94. The van der Waals surface area contributed by atoms with Crippen LogP contribution in [0.4, 0.5) is 0 Å². The van der Waals surface area contributed by atoms with E-state index in [1.807, 2.05) is 13.8 Å². The first-order valence-corrected chi connectivity index (χ1v) is 7.59. The highest BCUT2D eigenvalue weighted by molar-refractivity contribution is 5.41. The summed E-state index contributed by atoms with van der Waals surface area (Å²) in [5.41, 5.74) is 4.57. The van der Waals surface area contributed by atoms with Crippen molar-refractivity contribution in [1.29, 1.82) is 0 Å². The van der Waals surface area contributed by atoms with Crippen molar-refractivity contribution in [2.75, 3.05) is 13.2 Å². The third kappa shape index (κ3) is 3.23. The number of ether oxygens (including phenoxy) is 2. The molecule has 0 atom stereocenters. The molecule has 0 saturated carbocycles. The average Bonchev–Trinajstić information content (AvgIpc) is 2.46. The zero-order chi connectivity index (χ0) is 15.4. The summed E-state index contributed by atoms with van der Waals surface area (Å²) in [7, 11) is 0. The number of rotatable bonds is 5. The van der Waals surface area contributed by atoms with Crippen LogP contribution in [0.15, 0.2) is 47.2 Å². The van der Waals surface area contributed by atoms with Gasteiger partial charge in [0.25, 0.3) is 0 Å². The van der Waals surface area contributed by atoms with Crippen LogP contribution in [0.25, 0.3) is 0 Å². The number of hydrogen-bond acceptors (Lipinski definition) is 3. The predicted octanol–water partition coefficient (Wildman–Crippen LogP) is 4.22. The molecular formula is C18H25NO2. The monoisotopic (exact) mass is 287 g/mol. The molecule has 0 amide bonds. The fraction of sp³-hybridized carbons (Fsp3) is 0.444. The fourth-order valence-electron chi connectivity index (χ4n) is 2.71. The van der Waals surface area contributed by atoms with Crippen LogP contribution in [-0.2, 0) is 9.47 Å².